The molecule has 0 aromatic heterocycles. The molecule has 0 heterocycles. The van der Waals surface area contributed by atoms with Crippen LogP contribution in [-0.4, -0.2) is 45.3 Å². The molecule has 0 amide bonds. The number of rotatable bonds is 10. The largest absolute Gasteiger partial charge is 0.478 e. The first-order chi connectivity index (χ1) is 12.6. The normalized spacial score (nSPS) is 11.5. The molecule has 0 saturated heterocycles. The zero-order chi connectivity index (χ0) is 20.7. The molecule has 1 unspecified atom stereocenters. The highest BCUT2D eigenvalue weighted by Crippen LogP contribution is 2.22. The first kappa shape index (κ1) is 21.9. The monoisotopic (exact) mass is 378 g/mol. The summed E-state index contributed by atoms with van der Waals surface area (Å²) in [7, 11) is 0. The Kier molecular flexibility index (Phi) is 7.71. The first-order valence-corrected chi connectivity index (χ1v) is 8.31. The fourth-order valence-electron chi connectivity index (χ4n) is 2.56. The minimum atomic E-state index is -1.52. The van der Waals surface area contributed by atoms with E-state index in [1.165, 1.54) is 13.0 Å². The number of carboxylic acid groups (broad SMARTS) is 3. The third-order valence-corrected chi connectivity index (χ3v) is 3.96. The number of hydrogen-bond donors (Lipinski definition) is 3. The molecule has 1 aromatic carbocycles. The second-order valence-electron chi connectivity index (χ2n) is 6.08. The van der Waals surface area contributed by atoms with E-state index in [0.29, 0.717) is 19.3 Å². The van der Waals surface area contributed by atoms with Gasteiger partial charge in [0.05, 0.1) is 16.7 Å². The van der Waals surface area contributed by atoms with Crippen molar-refractivity contribution in [3.63, 3.8) is 0 Å². The number of aryl methyl sites for hydroxylation is 1. The summed E-state index contributed by atoms with van der Waals surface area (Å²) in [5.41, 5.74) is -0.923. The number of hydrogen-bond acceptors (Lipinski definition) is 5. The summed E-state index contributed by atoms with van der Waals surface area (Å²) in [6, 6.07) is 2.00. The van der Waals surface area contributed by atoms with Crippen LogP contribution >= 0.6 is 0 Å². The maximum absolute atomic E-state index is 11.6. The van der Waals surface area contributed by atoms with Gasteiger partial charge in [-0.25, -0.2) is 19.2 Å². The Morgan fingerprint density at radius 2 is 1.70 bits per heavy atom. The zero-order valence-corrected chi connectivity index (χ0v) is 15.2. The van der Waals surface area contributed by atoms with Crippen molar-refractivity contribution in [2.24, 2.45) is 0 Å². The number of benzene rings is 1. The minimum absolute atomic E-state index is 0.112. The summed E-state index contributed by atoms with van der Waals surface area (Å²) in [5, 5.41) is 27.7. The summed E-state index contributed by atoms with van der Waals surface area (Å²) in [6.45, 7) is 6.86. The van der Waals surface area contributed by atoms with Gasteiger partial charge in [-0.1, -0.05) is 13.5 Å². The summed E-state index contributed by atoms with van der Waals surface area (Å²) in [6.07, 6.45) is 1.06. The molecule has 0 fully saturated rings. The quantitative estimate of drug-likeness (QED) is 0.417. The highest BCUT2D eigenvalue weighted by Gasteiger charge is 2.23. The molecular weight excluding hydrogens is 356 g/mol. The average Bonchev–Trinajstić information content (AvgIpc) is 2.59. The predicted molar refractivity (Wildman–Crippen MR) is 95.2 cm³/mol. The van der Waals surface area contributed by atoms with Crippen LogP contribution in [0, 0.1) is 0 Å². The van der Waals surface area contributed by atoms with E-state index in [9.17, 15) is 29.4 Å². The van der Waals surface area contributed by atoms with Crippen LogP contribution < -0.4 is 0 Å². The van der Waals surface area contributed by atoms with Gasteiger partial charge in [0.2, 0.25) is 0 Å². The van der Waals surface area contributed by atoms with Gasteiger partial charge >= 0.3 is 23.9 Å². The summed E-state index contributed by atoms with van der Waals surface area (Å²) in [5.74, 6) is -4.83. The number of carboxylic acids is 3. The van der Waals surface area contributed by atoms with E-state index in [0.717, 1.165) is 6.07 Å². The lowest BCUT2D eigenvalue weighted by molar-refractivity contribution is -0.144. The number of aromatic carboxylic acids is 3. The van der Waals surface area contributed by atoms with Gasteiger partial charge in [-0.2, -0.15) is 0 Å². The van der Waals surface area contributed by atoms with Crippen molar-refractivity contribution < 1.29 is 39.2 Å². The molecule has 1 atom stereocenters. The number of ether oxygens (including phenoxy) is 1. The van der Waals surface area contributed by atoms with Crippen LogP contribution in [0.5, 0.6) is 0 Å². The maximum atomic E-state index is 11.6. The molecule has 0 aliphatic heterocycles. The lowest BCUT2D eigenvalue weighted by atomic mass is 9.93. The Balaban J connectivity index is 3.06. The van der Waals surface area contributed by atoms with Gasteiger partial charge in [0.1, 0.15) is 6.10 Å². The second kappa shape index (κ2) is 9.51. The third kappa shape index (κ3) is 5.95. The Morgan fingerprint density at radius 3 is 2.15 bits per heavy atom. The molecule has 0 aliphatic rings. The lowest BCUT2D eigenvalue weighted by Gasteiger charge is -2.17. The van der Waals surface area contributed by atoms with Gasteiger partial charge in [0.15, 0.2) is 0 Å². The summed E-state index contributed by atoms with van der Waals surface area (Å²) in [4.78, 5) is 45.7. The van der Waals surface area contributed by atoms with Crippen LogP contribution in [0.2, 0.25) is 0 Å². The zero-order valence-electron chi connectivity index (χ0n) is 15.2. The highest BCUT2D eigenvalue weighted by molar-refractivity contribution is 6.05. The topological polar surface area (TPSA) is 138 Å². The van der Waals surface area contributed by atoms with Crippen molar-refractivity contribution in [2.75, 3.05) is 0 Å². The molecule has 27 heavy (non-hydrogen) atoms. The Labute approximate surface area is 156 Å². The van der Waals surface area contributed by atoms with E-state index in [1.54, 1.807) is 0 Å². The lowest BCUT2D eigenvalue weighted by Crippen LogP contribution is -2.18. The Morgan fingerprint density at radius 1 is 1.07 bits per heavy atom. The second-order valence-corrected chi connectivity index (χ2v) is 6.08. The average molecular weight is 378 g/mol. The Bertz CT molecular complexity index is 778. The molecule has 8 nitrogen and oxygen atoms in total. The van der Waals surface area contributed by atoms with E-state index in [2.05, 4.69) is 6.58 Å². The van der Waals surface area contributed by atoms with Crippen molar-refractivity contribution >= 4 is 23.9 Å². The molecule has 146 valence electrons. The fraction of sp³-hybridized carbons (Fsp3) is 0.368. The van der Waals surface area contributed by atoms with Gasteiger partial charge in [0.25, 0.3) is 0 Å². The fourth-order valence-corrected chi connectivity index (χ4v) is 2.56. The standard InChI is InChI=1S/C19H22O8/c1-4-13(27-19(26)10(2)3)7-5-6-11-8-12(16(20)21)9-14(17(22)23)15(11)18(24)25/h8-9,13H,2,4-7H2,1,3H3,(H,20,21)(H,22,23)(H,24,25). The van der Waals surface area contributed by atoms with E-state index >= 15 is 0 Å². The van der Waals surface area contributed by atoms with E-state index in [-0.39, 0.29) is 23.1 Å². The minimum Gasteiger partial charge on any atom is -0.478 e. The first-order valence-electron chi connectivity index (χ1n) is 8.31. The smallest absolute Gasteiger partial charge is 0.336 e. The molecular formula is C19H22O8. The van der Waals surface area contributed by atoms with Gasteiger partial charge in [-0.15, -0.1) is 0 Å². The van der Waals surface area contributed by atoms with Gasteiger partial charge < -0.3 is 20.1 Å². The molecule has 1 rings (SSSR count). The van der Waals surface area contributed by atoms with Gasteiger partial charge in [0, 0.05) is 5.57 Å². The molecule has 0 spiro atoms. The molecule has 8 heteroatoms. The van der Waals surface area contributed by atoms with Crippen molar-refractivity contribution in [2.45, 2.75) is 45.6 Å². The molecule has 0 radical (unpaired) electrons. The highest BCUT2D eigenvalue weighted by atomic mass is 16.5. The van der Waals surface area contributed by atoms with Crippen LogP contribution in [0.3, 0.4) is 0 Å². The van der Waals surface area contributed by atoms with Crippen LogP contribution in [0.15, 0.2) is 24.3 Å². The molecule has 0 bridgehead atoms. The summed E-state index contributed by atoms with van der Waals surface area (Å²) < 4.78 is 5.26. The van der Waals surface area contributed by atoms with Crippen LogP contribution in [-0.2, 0) is 16.0 Å². The van der Waals surface area contributed by atoms with E-state index in [4.69, 9.17) is 9.84 Å². The van der Waals surface area contributed by atoms with Crippen molar-refractivity contribution in [1.29, 1.82) is 0 Å². The number of carbonyl (C=O) groups excluding carboxylic acids is 1. The van der Waals surface area contributed by atoms with Crippen LogP contribution in [0.25, 0.3) is 0 Å². The Hall–Kier alpha value is -3.16. The number of carbonyl (C=O) groups is 4. The van der Waals surface area contributed by atoms with Crippen LogP contribution in [0.1, 0.15) is 69.7 Å². The van der Waals surface area contributed by atoms with Crippen molar-refractivity contribution in [1.82, 2.24) is 0 Å². The third-order valence-electron chi connectivity index (χ3n) is 3.96. The molecule has 3 N–H and O–H groups in total. The van der Waals surface area contributed by atoms with E-state index in [1.807, 2.05) is 6.92 Å². The van der Waals surface area contributed by atoms with E-state index < -0.39 is 41.1 Å². The molecule has 1 aromatic rings. The van der Waals surface area contributed by atoms with Gasteiger partial charge in [-0.05, 0) is 50.3 Å². The van der Waals surface area contributed by atoms with Crippen LogP contribution in [0.4, 0.5) is 0 Å². The molecule has 0 saturated carbocycles. The predicted octanol–water partition coefficient (Wildman–Crippen LogP) is 3.00. The maximum Gasteiger partial charge on any atom is 0.336 e. The number of esters is 1. The van der Waals surface area contributed by atoms with Gasteiger partial charge in [-0.3, -0.25) is 0 Å². The van der Waals surface area contributed by atoms with Crippen molar-refractivity contribution in [3.05, 3.63) is 46.5 Å². The SMILES string of the molecule is C=C(C)C(=O)OC(CC)CCCc1cc(C(=O)O)cc(C(=O)O)c1C(=O)O. The van der Waals surface area contributed by atoms with Crippen molar-refractivity contribution in [3.8, 4) is 0 Å². The molecule has 0 aliphatic carbocycles. The summed E-state index contributed by atoms with van der Waals surface area (Å²) >= 11 is 0.